The van der Waals surface area contributed by atoms with Gasteiger partial charge >= 0.3 is 0 Å². The third-order valence-electron chi connectivity index (χ3n) is 4.56. The number of hydrogen-bond acceptors (Lipinski definition) is 4. The number of nitrogens with zero attached hydrogens (tertiary/aromatic N) is 2. The lowest BCUT2D eigenvalue weighted by atomic mass is 10.1. The molecule has 124 valence electrons. The van der Waals surface area contributed by atoms with Crippen molar-refractivity contribution in [1.82, 2.24) is 9.88 Å². The molecule has 0 amide bonds. The lowest BCUT2D eigenvalue weighted by molar-refractivity contribution is 0.0684. The number of rotatable bonds is 6. The van der Waals surface area contributed by atoms with Gasteiger partial charge in [0.05, 0.1) is 11.6 Å². The zero-order valence-electron chi connectivity index (χ0n) is 13.7. The van der Waals surface area contributed by atoms with Gasteiger partial charge in [0.2, 0.25) is 0 Å². The molecule has 1 aliphatic heterocycles. The number of fused-ring (bicyclic) bond motifs is 1. The molecule has 1 unspecified atom stereocenters. The van der Waals surface area contributed by atoms with Crippen molar-refractivity contribution in [3.8, 4) is 0 Å². The zero-order chi connectivity index (χ0) is 16.2. The Morgan fingerprint density at radius 3 is 2.92 bits per heavy atom. The summed E-state index contributed by atoms with van der Waals surface area (Å²) in [5.41, 5.74) is 2.41. The van der Waals surface area contributed by atoms with Crippen molar-refractivity contribution in [1.29, 1.82) is 0 Å². The summed E-state index contributed by atoms with van der Waals surface area (Å²) in [6.07, 6.45) is 4.62. The first-order valence-electron chi connectivity index (χ1n) is 8.57. The fourth-order valence-corrected chi connectivity index (χ4v) is 4.17. The molecule has 0 N–H and O–H groups in total. The average molecular weight is 338 g/mol. The lowest BCUT2D eigenvalue weighted by Crippen LogP contribution is -2.31. The Labute approximate surface area is 146 Å². The Morgan fingerprint density at radius 2 is 2.08 bits per heavy atom. The first-order valence-corrected chi connectivity index (χ1v) is 9.45. The summed E-state index contributed by atoms with van der Waals surface area (Å²) in [4.78, 5) is 8.52. The van der Waals surface area contributed by atoms with E-state index in [1.807, 2.05) is 23.6 Å². The Bertz CT molecular complexity index is 776. The van der Waals surface area contributed by atoms with E-state index in [1.165, 1.54) is 28.7 Å². The topological polar surface area (TPSA) is 25.4 Å². The van der Waals surface area contributed by atoms with E-state index < -0.39 is 0 Å². The standard InChI is InChI=1S/C20H22N2OS/c1-5-16-7-2-10-21-20(16)17(6-1)13-22(14-18-8-3-11-23-18)15-19-9-4-12-24-19/h1-2,4-7,9-10,12,18H,3,8,11,13-15H2. The molecule has 4 heteroatoms. The minimum atomic E-state index is 0.368. The highest BCUT2D eigenvalue weighted by Gasteiger charge is 2.20. The quantitative estimate of drug-likeness (QED) is 0.663. The van der Waals surface area contributed by atoms with Gasteiger partial charge in [-0.05, 0) is 35.9 Å². The lowest BCUT2D eigenvalue weighted by Gasteiger charge is -2.25. The van der Waals surface area contributed by atoms with Gasteiger partial charge in [-0.2, -0.15) is 0 Å². The minimum Gasteiger partial charge on any atom is -0.377 e. The number of aromatic nitrogens is 1. The molecule has 0 aliphatic carbocycles. The number of para-hydroxylation sites is 1. The monoisotopic (exact) mass is 338 g/mol. The molecule has 0 saturated carbocycles. The van der Waals surface area contributed by atoms with E-state index in [2.05, 4.69) is 51.7 Å². The molecule has 1 aromatic carbocycles. The summed E-state index contributed by atoms with van der Waals surface area (Å²) < 4.78 is 5.87. The second-order valence-electron chi connectivity index (χ2n) is 6.38. The maximum atomic E-state index is 5.87. The van der Waals surface area contributed by atoms with Crippen LogP contribution in [-0.2, 0) is 17.8 Å². The summed E-state index contributed by atoms with van der Waals surface area (Å²) in [6.45, 7) is 3.78. The van der Waals surface area contributed by atoms with Crippen LogP contribution in [0.15, 0.2) is 54.0 Å². The van der Waals surface area contributed by atoms with E-state index in [-0.39, 0.29) is 0 Å². The normalized spacial score (nSPS) is 17.8. The molecule has 24 heavy (non-hydrogen) atoms. The van der Waals surface area contributed by atoms with Gasteiger partial charge in [0.25, 0.3) is 0 Å². The van der Waals surface area contributed by atoms with Crippen LogP contribution in [0.25, 0.3) is 10.9 Å². The Kier molecular flexibility index (Phi) is 4.88. The second kappa shape index (κ2) is 7.43. The highest BCUT2D eigenvalue weighted by Crippen LogP contribution is 2.22. The van der Waals surface area contributed by atoms with Gasteiger partial charge < -0.3 is 4.74 Å². The predicted octanol–water partition coefficient (Wildman–Crippen LogP) is 4.48. The van der Waals surface area contributed by atoms with Crippen LogP contribution in [-0.4, -0.2) is 29.1 Å². The van der Waals surface area contributed by atoms with Crippen LogP contribution < -0.4 is 0 Å². The molecule has 1 aliphatic rings. The van der Waals surface area contributed by atoms with Gasteiger partial charge in [-0.25, -0.2) is 0 Å². The van der Waals surface area contributed by atoms with Gasteiger partial charge in [-0.3, -0.25) is 9.88 Å². The van der Waals surface area contributed by atoms with Crippen LogP contribution in [0.3, 0.4) is 0 Å². The molecule has 4 rings (SSSR count). The van der Waals surface area contributed by atoms with E-state index in [1.54, 1.807) is 0 Å². The molecule has 0 spiro atoms. The maximum absolute atomic E-state index is 5.87. The van der Waals surface area contributed by atoms with Crippen molar-refractivity contribution in [2.24, 2.45) is 0 Å². The third-order valence-corrected chi connectivity index (χ3v) is 5.42. The van der Waals surface area contributed by atoms with Gasteiger partial charge in [-0.1, -0.05) is 30.3 Å². The number of ether oxygens (including phenoxy) is 1. The SMILES string of the molecule is c1csc(CN(Cc2cccc3cccnc23)CC2CCCO2)c1. The number of benzene rings is 1. The summed E-state index contributed by atoms with van der Waals surface area (Å²) in [6, 6.07) is 15.0. The molecule has 1 fully saturated rings. The second-order valence-corrected chi connectivity index (χ2v) is 7.41. The molecular formula is C20H22N2OS. The van der Waals surface area contributed by atoms with Crippen molar-refractivity contribution in [2.45, 2.75) is 32.0 Å². The molecule has 0 bridgehead atoms. The zero-order valence-corrected chi connectivity index (χ0v) is 14.5. The summed E-state index contributed by atoms with van der Waals surface area (Å²) in [7, 11) is 0. The van der Waals surface area contributed by atoms with E-state index in [4.69, 9.17) is 4.74 Å². The van der Waals surface area contributed by atoms with Crippen molar-refractivity contribution in [2.75, 3.05) is 13.2 Å². The predicted molar refractivity (Wildman–Crippen MR) is 99.2 cm³/mol. The van der Waals surface area contributed by atoms with E-state index in [0.29, 0.717) is 6.10 Å². The fraction of sp³-hybridized carbons (Fsp3) is 0.350. The van der Waals surface area contributed by atoms with Gasteiger partial charge in [-0.15, -0.1) is 11.3 Å². The molecule has 1 atom stereocenters. The maximum Gasteiger partial charge on any atom is 0.0746 e. The molecule has 3 aromatic rings. The van der Waals surface area contributed by atoms with Gasteiger partial charge in [0.1, 0.15) is 0 Å². The van der Waals surface area contributed by atoms with Crippen molar-refractivity contribution in [3.05, 3.63) is 64.5 Å². The molecule has 2 aromatic heterocycles. The number of thiophene rings is 1. The van der Waals surface area contributed by atoms with Crippen LogP contribution in [0.2, 0.25) is 0 Å². The largest absolute Gasteiger partial charge is 0.377 e. The van der Waals surface area contributed by atoms with Crippen LogP contribution in [0.4, 0.5) is 0 Å². The molecule has 3 nitrogen and oxygen atoms in total. The number of hydrogen-bond donors (Lipinski definition) is 0. The minimum absolute atomic E-state index is 0.368. The Morgan fingerprint density at radius 1 is 1.12 bits per heavy atom. The van der Waals surface area contributed by atoms with E-state index in [9.17, 15) is 0 Å². The van der Waals surface area contributed by atoms with Crippen molar-refractivity contribution >= 4 is 22.2 Å². The van der Waals surface area contributed by atoms with Crippen LogP contribution in [0, 0.1) is 0 Å². The van der Waals surface area contributed by atoms with Gasteiger partial charge in [0, 0.05) is 42.7 Å². The van der Waals surface area contributed by atoms with Crippen molar-refractivity contribution in [3.63, 3.8) is 0 Å². The summed E-state index contributed by atoms with van der Waals surface area (Å²) in [5, 5.41) is 3.36. The average Bonchev–Trinajstić information content (AvgIpc) is 3.29. The van der Waals surface area contributed by atoms with Crippen LogP contribution >= 0.6 is 11.3 Å². The number of pyridine rings is 1. The molecule has 1 saturated heterocycles. The molecule has 0 radical (unpaired) electrons. The first kappa shape index (κ1) is 15.8. The summed E-state index contributed by atoms with van der Waals surface area (Å²) in [5.74, 6) is 0. The van der Waals surface area contributed by atoms with Crippen molar-refractivity contribution < 1.29 is 4.74 Å². The van der Waals surface area contributed by atoms with Crippen LogP contribution in [0.5, 0.6) is 0 Å². The molecular weight excluding hydrogens is 316 g/mol. The summed E-state index contributed by atoms with van der Waals surface area (Å²) >= 11 is 1.83. The van der Waals surface area contributed by atoms with Gasteiger partial charge in [0.15, 0.2) is 0 Å². The highest BCUT2D eigenvalue weighted by molar-refractivity contribution is 7.09. The Hall–Kier alpha value is -1.75. The van der Waals surface area contributed by atoms with E-state index >= 15 is 0 Å². The van der Waals surface area contributed by atoms with Crippen LogP contribution in [0.1, 0.15) is 23.3 Å². The molecule has 3 heterocycles. The smallest absolute Gasteiger partial charge is 0.0746 e. The first-order chi connectivity index (χ1) is 11.9. The fourth-order valence-electron chi connectivity index (χ4n) is 3.42. The third kappa shape index (κ3) is 3.66. The Balaban J connectivity index is 1.57. The van der Waals surface area contributed by atoms with E-state index in [0.717, 1.165) is 31.8 Å². The highest BCUT2D eigenvalue weighted by atomic mass is 32.1.